The molecule has 1 aliphatic heterocycles. The van der Waals surface area contributed by atoms with Gasteiger partial charge in [-0.2, -0.15) is 5.10 Å². The van der Waals surface area contributed by atoms with Crippen LogP contribution in [0, 0.1) is 12.8 Å². The lowest BCUT2D eigenvalue weighted by Crippen LogP contribution is -2.47. The van der Waals surface area contributed by atoms with Crippen molar-refractivity contribution in [3.8, 4) is 0 Å². The summed E-state index contributed by atoms with van der Waals surface area (Å²) in [5.41, 5.74) is 2.59. The highest BCUT2D eigenvalue weighted by Crippen LogP contribution is 2.39. The maximum Gasteiger partial charge on any atom is 0.257 e. The van der Waals surface area contributed by atoms with Crippen molar-refractivity contribution >= 4 is 11.7 Å². The number of fused-ring (bicyclic) bond motifs is 1. The van der Waals surface area contributed by atoms with Gasteiger partial charge in [0.2, 0.25) is 0 Å². The topological polar surface area (TPSA) is 79.2 Å². The molecule has 4 rings (SSSR count). The lowest BCUT2D eigenvalue weighted by Gasteiger charge is -2.41. The molecule has 0 spiro atoms. The summed E-state index contributed by atoms with van der Waals surface area (Å²) in [6.07, 6.45) is 12.2. The summed E-state index contributed by atoms with van der Waals surface area (Å²) in [5, 5.41) is 21.3. The number of aryl methyl sites for hydroxylation is 1. The molecule has 0 saturated carbocycles. The summed E-state index contributed by atoms with van der Waals surface area (Å²) >= 11 is 0. The van der Waals surface area contributed by atoms with Crippen molar-refractivity contribution in [3.63, 3.8) is 0 Å². The number of nitrogens with one attached hydrogen (secondary N) is 2. The van der Waals surface area contributed by atoms with E-state index >= 15 is 0 Å². The number of carbonyl (C=O) groups is 1. The standard InChI is InChI=1S/C28H38N4O2/c1-6-28(7-2,22-15-13-20(18-33)14-16-22)30-26(34)24-19(3)31-32-25(24)29-23(17-27(32,4)5)21-11-9-8-10-12-21/h8-11,13-16,21,23,29,33H,6-7,12,17-18H2,1-5H3,(H,30,34)/t21?,23-/m1/s1. The Hall–Kier alpha value is -2.86. The predicted molar refractivity (Wildman–Crippen MR) is 137 cm³/mol. The first kappa shape index (κ1) is 24.3. The zero-order chi connectivity index (χ0) is 24.5. The Labute approximate surface area is 203 Å². The van der Waals surface area contributed by atoms with Crippen LogP contribution in [-0.2, 0) is 17.7 Å². The first-order chi connectivity index (χ1) is 16.2. The number of hydrogen-bond donors (Lipinski definition) is 3. The number of anilines is 1. The fourth-order valence-electron chi connectivity index (χ4n) is 5.49. The molecule has 2 atom stereocenters. The minimum atomic E-state index is -0.493. The molecule has 0 saturated heterocycles. The van der Waals surface area contributed by atoms with Crippen molar-refractivity contribution in [3.05, 3.63) is 71.0 Å². The van der Waals surface area contributed by atoms with Crippen LogP contribution in [0.1, 0.15) is 80.6 Å². The molecule has 182 valence electrons. The zero-order valence-corrected chi connectivity index (χ0v) is 21.1. The highest BCUT2D eigenvalue weighted by Gasteiger charge is 2.40. The number of amides is 1. The van der Waals surface area contributed by atoms with Crippen LogP contribution in [0.2, 0.25) is 0 Å². The second-order valence-corrected chi connectivity index (χ2v) is 10.3. The van der Waals surface area contributed by atoms with Gasteiger partial charge in [0.1, 0.15) is 11.4 Å². The molecule has 0 radical (unpaired) electrons. The Morgan fingerprint density at radius 1 is 1.24 bits per heavy atom. The van der Waals surface area contributed by atoms with Crippen molar-refractivity contribution in [2.24, 2.45) is 5.92 Å². The van der Waals surface area contributed by atoms with E-state index in [0.29, 0.717) is 11.5 Å². The van der Waals surface area contributed by atoms with Gasteiger partial charge in [-0.1, -0.05) is 62.4 Å². The molecule has 1 aliphatic carbocycles. The van der Waals surface area contributed by atoms with E-state index in [1.165, 1.54) is 0 Å². The Balaban J connectivity index is 1.68. The Morgan fingerprint density at radius 2 is 1.94 bits per heavy atom. The number of allylic oxidation sites excluding steroid dienone is 3. The number of benzene rings is 1. The number of rotatable bonds is 7. The fourth-order valence-corrected chi connectivity index (χ4v) is 5.49. The maximum atomic E-state index is 13.9. The number of aromatic nitrogens is 2. The van der Waals surface area contributed by atoms with Crippen LogP contribution in [0.5, 0.6) is 0 Å². The van der Waals surface area contributed by atoms with Gasteiger partial charge >= 0.3 is 0 Å². The lowest BCUT2D eigenvalue weighted by molar-refractivity contribution is 0.0889. The van der Waals surface area contributed by atoms with Crippen LogP contribution >= 0.6 is 0 Å². The van der Waals surface area contributed by atoms with Crippen molar-refractivity contribution < 1.29 is 9.90 Å². The SMILES string of the molecule is CCC(CC)(NC(=O)c1c(C)nn2c1N[C@@H](C1C=CC=CC1)CC2(C)C)c1ccc(CO)cc1. The van der Waals surface area contributed by atoms with Crippen LogP contribution in [0.25, 0.3) is 0 Å². The highest BCUT2D eigenvalue weighted by atomic mass is 16.3. The normalized spacial score (nSPS) is 21.1. The van der Waals surface area contributed by atoms with Crippen molar-refractivity contribution in [1.82, 2.24) is 15.1 Å². The molecular weight excluding hydrogens is 424 g/mol. The average molecular weight is 463 g/mol. The fraction of sp³-hybridized carbons (Fsp3) is 0.500. The van der Waals surface area contributed by atoms with Crippen molar-refractivity contribution in [2.45, 2.75) is 84.0 Å². The molecule has 1 aromatic heterocycles. The number of aliphatic hydroxyl groups excluding tert-OH is 1. The minimum Gasteiger partial charge on any atom is -0.392 e. The summed E-state index contributed by atoms with van der Waals surface area (Å²) in [6.45, 7) is 10.5. The first-order valence-electron chi connectivity index (χ1n) is 12.5. The van der Waals surface area contributed by atoms with E-state index in [1.807, 2.05) is 35.9 Å². The van der Waals surface area contributed by atoms with E-state index in [1.54, 1.807) is 0 Å². The molecule has 0 fully saturated rings. The van der Waals surface area contributed by atoms with Gasteiger partial charge in [0, 0.05) is 12.0 Å². The Bertz CT molecular complexity index is 1090. The van der Waals surface area contributed by atoms with Gasteiger partial charge in [0.25, 0.3) is 5.91 Å². The molecule has 2 aromatic rings. The molecule has 1 aromatic carbocycles. The van der Waals surface area contributed by atoms with Gasteiger partial charge in [0.15, 0.2) is 0 Å². The second-order valence-electron chi connectivity index (χ2n) is 10.3. The van der Waals surface area contributed by atoms with E-state index in [2.05, 4.69) is 62.6 Å². The Morgan fingerprint density at radius 3 is 2.53 bits per heavy atom. The smallest absolute Gasteiger partial charge is 0.257 e. The van der Waals surface area contributed by atoms with Gasteiger partial charge in [-0.05, 0) is 57.6 Å². The molecule has 1 amide bonds. The van der Waals surface area contributed by atoms with Crippen LogP contribution in [0.3, 0.4) is 0 Å². The summed E-state index contributed by atoms with van der Waals surface area (Å²) < 4.78 is 2.01. The summed E-state index contributed by atoms with van der Waals surface area (Å²) in [4.78, 5) is 13.9. The van der Waals surface area contributed by atoms with Gasteiger partial charge < -0.3 is 15.7 Å². The predicted octanol–water partition coefficient (Wildman–Crippen LogP) is 5.18. The monoisotopic (exact) mass is 462 g/mol. The number of hydrogen-bond acceptors (Lipinski definition) is 4. The van der Waals surface area contributed by atoms with E-state index in [0.717, 1.165) is 48.3 Å². The maximum absolute atomic E-state index is 13.9. The average Bonchev–Trinajstić information content (AvgIpc) is 3.20. The zero-order valence-electron chi connectivity index (χ0n) is 21.1. The molecule has 2 heterocycles. The van der Waals surface area contributed by atoms with Crippen LogP contribution in [0.4, 0.5) is 5.82 Å². The molecular formula is C28H38N4O2. The van der Waals surface area contributed by atoms with E-state index in [4.69, 9.17) is 5.10 Å². The van der Waals surface area contributed by atoms with Gasteiger partial charge in [-0.25, -0.2) is 4.68 Å². The Kier molecular flexibility index (Phi) is 6.72. The molecule has 2 aliphatic rings. The quantitative estimate of drug-likeness (QED) is 0.530. The lowest BCUT2D eigenvalue weighted by atomic mass is 9.82. The molecule has 1 unspecified atom stereocenters. The second kappa shape index (κ2) is 9.41. The van der Waals surface area contributed by atoms with E-state index < -0.39 is 5.54 Å². The van der Waals surface area contributed by atoms with Crippen LogP contribution in [0.15, 0.2) is 48.6 Å². The molecule has 0 bridgehead atoms. The number of carbonyl (C=O) groups excluding carboxylic acids is 1. The largest absolute Gasteiger partial charge is 0.392 e. The van der Waals surface area contributed by atoms with Crippen LogP contribution < -0.4 is 10.6 Å². The van der Waals surface area contributed by atoms with E-state index in [9.17, 15) is 9.90 Å². The van der Waals surface area contributed by atoms with Crippen LogP contribution in [-0.4, -0.2) is 26.8 Å². The molecule has 6 nitrogen and oxygen atoms in total. The molecule has 6 heteroatoms. The minimum absolute atomic E-state index is 0.00816. The first-order valence-corrected chi connectivity index (χ1v) is 12.5. The number of nitrogens with zero attached hydrogens (tertiary/aromatic N) is 2. The van der Waals surface area contributed by atoms with E-state index in [-0.39, 0.29) is 24.1 Å². The number of aliphatic hydroxyl groups is 1. The van der Waals surface area contributed by atoms with Gasteiger partial charge in [-0.3, -0.25) is 4.79 Å². The third-order valence-electron chi connectivity index (χ3n) is 7.68. The summed E-state index contributed by atoms with van der Waals surface area (Å²) in [5.74, 6) is 1.10. The third-order valence-corrected chi connectivity index (χ3v) is 7.68. The van der Waals surface area contributed by atoms with Crippen molar-refractivity contribution in [2.75, 3.05) is 5.32 Å². The summed E-state index contributed by atoms with van der Waals surface area (Å²) in [7, 11) is 0. The third kappa shape index (κ3) is 4.31. The van der Waals surface area contributed by atoms with Crippen molar-refractivity contribution in [1.29, 1.82) is 0 Å². The van der Waals surface area contributed by atoms with Gasteiger partial charge in [-0.15, -0.1) is 0 Å². The highest BCUT2D eigenvalue weighted by molar-refractivity contribution is 6.00. The van der Waals surface area contributed by atoms with Gasteiger partial charge in [0.05, 0.1) is 23.4 Å². The summed E-state index contributed by atoms with van der Waals surface area (Å²) in [6, 6.07) is 8.11. The molecule has 34 heavy (non-hydrogen) atoms. The molecule has 3 N–H and O–H groups in total.